The Bertz CT molecular complexity index is 514. The van der Waals surface area contributed by atoms with Crippen molar-refractivity contribution in [3.8, 4) is 0 Å². The number of aromatic nitrogens is 1. The fourth-order valence-electron chi connectivity index (χ4n) is 2.15. The Labute approximate surface area is 101 Å². The zero-order chi connectivity index (χ0) is 12.4. The van der Waals surface area contributed by atoms with Gasteiger partial charge in [0.25, 0.3) is 0 Å². The Kier molecular flexibility index (Phi) is 3.48. The minimum Gasteiger partial charge on any atom is -0.342 e. The molecule has 0 aliphatic carbocycles. The van der Waals surface area contributed by atoms with Gasteiger partial charge in [0.1, 0.15) is 5.82 Å². The van der Waals surface area contributed by atoms with E-state index in [1.165, 1.54) is 6.07 Å². The summed E-state index contributed by atoms with van der Waals surface area (Å²) >= 11 is 0. The van der Waals surface area contributed by atoms with Crippen LogP contribution in [-0.4, -0.2) is 11.1 Å². The van der Waals surface area contributed by atoms with E-state index in [0.717, 1.165) is 29.6 Å². The zero-order valence-electron chi connectivity index (χ0n) is 10.6. The number of nitrogens with one attached hydrogen (secondary N) is 1. The van der Waals surface area contributed by atoms with Crippen LogP contribution in [-0.2, 0) is 6.54 Å². The molecule has 1 aromatic carbocycles. The van der Waals surface area contributed by atoms with Crippen LogP contribution in [0.5, 0.6) is 0 Å². The zero-order valence-corrected chi connectivity index (χ0v) is 10.6. The number of hydrogen-bond donors (Lipinski definition) is 1. The van der Waals surface area contributed by atoms with E-state index in [4.69, 9.17) is 0 Å². The summed E-state index contributed by atoms with van der Waals surface area (Å²) in [5.74, 6) is -0.140. The number of fused-ring (bicyclic) bond motifs is 1. The van der Waals surface area contributed by atoms with Gasteiger partial charge in [0.05, 0.1) is 5.52 Å². The molecule has 0 saturated heterocycles. The molecule has 1 heterocycles. The lowest BCUT2D eigenvalue weighted by Crippen LogP contribution is -2.11. The summed E-state index contributed by atoms with van der Waals surface area (Å²) < 4.78 is 15.9. The quantitative estimate of drug-likeness (QED) is 0.857. The van der Waals surface area contributed by atoms with Crippen LogP contribution in [0.2, 0.25) is 0 Å². The van der Waals surface area contributed by atoms with E-state index in [0.29, 0.717) is 0 Å². The number of rotatable bonds is 4. The average Bonchev–Trinajstić information content (AvgIpc) is 2.67. The molecule has 2 aromatic rings. The van der Waals surface area contributed by atoms with Gasteiger partial charge >= 0.3 is 0 Å². The smallest absolute Gasteiger partial charge is 0.147 e. The number of nitrogens with zero attached hydrogens (tertiary/aromatic N) is 1. The normalized spacial score (nSPS) is 11.6. The van der Waals surface area contributed by atoms with Crippen molar-refractivity contribution < 1.29 is 4.39 Å². The van der Waals surface area contributed by atoms with Crippen molar-refractivity contribution in [1.82, 2.24) is 9.88 Å². The van der Waals surface area contributed by atoms with Gasteiger partial charge in [-0.2, -0.15) is 0 Å². The highest BCUT2D eigenvalue weighted by Crippen LogP contribution is 2.26. The van der Waals surface area contributed by atoms with Crippen molar-refractivity contribution >= 4 is 10.9 Å². The average molecular weight is 234 g/mol. The number of hydrogen-bond acceptors (Lipinski definition) is 1. The van der Waals surface area contributed by atoms with E-state index in [1.54, 1.807) is 6.07 Å². The van der Waals surface area contributed by atoms with Crippen molar-refractivity contribution in [2.45, 2.75) is 33.4 Å². The highest BCUT2D eigenvalue weighted by Gasteiger charge is 2.13. The third-order valence-corrected chi connectivity index (χ3v) is 3.01. The predicted octanol–water partition coefficient (Wildman–Crippen LogP) is 3.47. The van der Waals surface area contributed by atoms with Gasteiger partial charge in [0.15, 0.2) is 0 Å². The monoisotopic (exact) mass is 234 g/mol. The molecule has 0 radical (unpaired) electrons. The standard InChI is InChI=1S/C14H19FN2/c1-4-16-8-11-9-17(10(2)3)14-12(11)6-5-7-13(14)15/h5-7,9-10,16H,4,8H2,1-3H3. The molecule has 2 rings (SSSR count). The molecule has 0 bridgehead atoms. The SMILES string of the molecule is CCNCc1cn(C(C)C)c2c(F)cccc12. The molecule has 0 atom stereocenters. The Morgan fingerprint density at radius 3 is 2.76 bits per heavy atom. The van der Waals surface area contributed by atoms with Crippen molar-refractivity contribution in [3.63, 3.8) is 0 Å². The van der Waals surface area contributed by atoms with Gasteiger partial charge in [0, 0.05) is 24.2 Å². The third-order valence-electron chi connectivity index (χ3n) is 3.01. The lowest BCUT2D eigenvalue weighted by atomic mass is 10.1. The van der Waals surface area contributed by atoms with Gasteiger partial charge in [-0.15, -0.1) is 0 Å². The fourth-order valence-corrected chi connectivity index (χ4v) is 2.15. The second kappa shape index (κ2) is 4.88. The van der Waals surface area contributed by atoms with E-state index in [9.17, 15) is 4.39 Å². The summed E-state index contributed by atoms with van der Waals surface area (Å²) in [7, 11) is 0. The van der Waals surface area contributed by atoms with E-state index >= 15 is 0 Å². The van der Waals surface area contributed by atoms with Crippen LogP contribution < -0.4 is 5.32 Å². The van der Waals surface area contributed by atoms with E-state index < -0.39 is 0 Å². The van der Waals surface area contributed by atoms with Crippen LogP contribution in [0.25, 0.3) is 10.9 Å². The van der Waals surface area contributed by atoms with E-state index in [1.807, 2.05) is 10.6 Å². The van der Waals surface area contributed by atoms with E-state index in [2.05, 4.69) is 32.3 Å². The summed E-state index contributed by atoms with van der Waals surface area (Å²) in [6.07, 6.45) is 2.06. The van der Waals surface area contributed by atoms with Crippen LogP contribution in [0, 0.1) is 5.82 Å². The highest BCUT2D eigenvalue weighted by atomic mass is 19.1. The fraction of sp³-hybridized carbons (Fsp3) is 0.429. The first-order valence-electron chi connectivity index (χ1n) is 6.13. The van der Waals surface area contributed by atoms with Gasteiger partial charge in [0.2, 0.25) is 0 Å². The van der Waals surface area contributed by atoms with E-state index in [-0.39, 0.29) is 11.9 Å². The molecule has 0 spiro atoms. The van der Waals surface area contributed by atoms with Crippen molar-refractivity contribution in [1.29, 1.82) is 0 Å². The van der Waals surface area contributed by atoms with Crippen molar-refractivity contribution in [2.24, 2.45) is 0 Å². The summed E-state index contributed by atoms with van der Waals surface area (Å²) in [4.78, 5) is 0. The molecular weight excluding hydrogens is 215 g/mol. The molecular formula is C14H19FN2. The lowest BCUT2D eigenvalue weighted by Gasteiger charge is -2.09. The second-order valence-electron chi connectivity index (χ2n) is 4.57. The minimum absolute atomic E-state index is 0.140. The maximum absolute atomic E-state index is 13.9. The lowest BCUT2D eigenvalue weighted by molar-refractivity contribution is 0.587. The maximum Gasteiger partial charge on any atom is 0.147 e. The molecule has 0 saturated carbocycles. The summed E-state index contributed by atoms with van der Waals surface area (Å²) in [6.45, 7) is 7.92. The van der Waals surface area contributed by atoms with Gasteiger partial charge in [-0.25, -0.2) is 4.39 Å². The molecule has 0 unspecified atom stereocenters. The van der Waals surface area contributed by atoms with Gasteiger partial charge < -0.3 is 9.88 Å². The van der Waals surface area contributed by atoms with Crippen molar-refractivity contribution in [2.75, 3.05) is 6.54 Å². The maximum atomic E-state index is 13.9. The minimum atomic E-state index is -0.140. The first-order valence-corrected chi connectivity index (χ1v) is 6.13. The van der Waals surface area contributed by atoms with Crippen LogP contribution in [0.1, 0.15) is 32.4 Å². The summed E-state index contributed by atoms with van der Waals surface area (Å²) in [5.41, 5.74) is 1.88. The molecule has 1 aromatic heterocycles. The first-order chi connectivity index (χ1) is 8.15. The molecule has 0 amide bonds. The second-order valence-corrected chi connectivity index (χ2v) is 4.57. The van der Waals surface area contributed by atoms with Gasteiger partial charge in [-0.1, -0.05) is 19.1 Å². The molecule has 17 heavy (non-hydrogen) atoms. The van der Waals surface area contributed by atoms with Crippen LogP contribution in [0.15, 0.2) is 24.4 Å². The Morgan fingerprint density at radius 2 is 2.12 bits per heavy atom. The molecule has 92 valence electrons. The topological polar surface area (TPSA) is 17.0 Å². The van der Waals surface area contributed by atoms with Crippen LogP contribution in [0.4, 0.5) is 4.39 Å². The summed E-state index contributed by atoms with van der Waals surface area (Å²) in [6, 6.07) is 5.56. The molecule has 0 fully saturated rings. The number of para-hydroxylation sites is 1. The Hall–Kier alpha value is -1.35. The summed E-state index contributed by atoms with van der Waals surface area (Å²) in [5, 5.41) is 4.31. The Morgan fingerprint density at radius 1 is 1.35 bits per heavy atom. The third kappa shape index (κ3) is 2.20. The number of benzene rings is 1. The first kappa shape index (κ1) is 12.1. The molecule has 3 heteroatoms. The molecule has 1 N–H and O–H groups in total. The van der Waals surface area contributed by atoms with Crippen LogP contribution >= 0.6 is 0 Å². The number of halogens is 1. The highest BCUT2D eigenvalue weighted by molar-refractivity contribution is 5.84. The Balaban J connectivity index is 2.58. The van der Waals surface area contributed by atoms with Gasteiger partial charge in [-0.05, 0) is 32.0 Å². The van der Waals surface area contributed by atoms with Gasteiger partial charge in [-0.3, -0.25) is 0 Å². The molecule has 2 nitrogen and oxygen atoms in total. The molecule has 0 aliphatic rings. The molecule has 0 aliphatic heterocycles. The van der Waals surface area contributed by atoms with Crippen molar-refractivity contribution in [3.05, 3.63) is 35.8 Å². The predicted molar refractivity (Wildman–Crippen MR) is 69.7 cm³/mol. The largest absolute Gasteiger partial charge is 0.342 e. The van der Waals surface area contributed by atoms with Crippen LogP contribution in [0.3, 0.4) is 0 Å².